The molecule has 4 nitrogen and oxygen atoms in total. The zero-order valence-corrected chi connectivity index (χ0v) is 9.59. The van der Waals surface area contributed by atoms with Crippen LogP contribution in [0.5, 0.6) is 0 Å². The molecule has 2 amide bonds. The first-order valence-corrected chi connectivity index (χ1v) is 5.32. The third-order valence-electron chi connectivity index (χ3n) is 1.57. The summed E-state index contributed by atoms with van der Waals surface area (Å²) in [4.78, 5) is 23.2. The molecule has 82 valence electrons. The Morgan fingerprint density at radius 2 is 2.00 bits per heavy atom. The molecule has 2 N–H and O–H groups in total. The number of rotatable bonds is 2. The molecule has 0 aromatic carbocycles. The molecule has 0 saturated carbocycles. The highest BCUT2D eigenvalue weighted by atomic mass is 32.1. The van der Waals surface area contributed by atoms with Gasteiger partial charge in [0.05, 0.1) is 5.25 Å². The Balaban J connectivity index is 0.000000500. The molecule has 1 unspecified atom stereocenters. The van der Waals surface area contributed by atoms with Crippen LogP contribution >= 0.6 is 12.6 Å². The molecule has 1 fully saturated rings. The van der Waals surface area contributed by atoms with Crippen molar-refractivity contribution in [2.45, 2.75) is 31.9 Å². The van der Waals surface area contributed by atoms with Gasteiger partial charge in [0.1, 0.15) is 0 Å². The Morgan fingerprint density at radius 3 is 2.29 bits per heavy atom. The molecule has 0 radical (unpaired) electrons. The number of hydrogen-bond acceptors (Lipinski definition) is 4. The van der Waals surface area contributed by atoms with Crippen LogP contribution < -0.4 is 5.73 Å². The number of amides is 2. The van der Waals surface area contributed by atoms with E-state index in [1.54, 1.807) is 0 Å². The first-order valence-electron chi connectivity index (χ1n) is 4.80. The van der Waals surface area contributed by atoms with Gasteiger partial charge in [0.25, 0.3) is 0 Å². The predicted molar refractivity (Wildman–Crippen MR) is 59.1 cm³/mol. The summed E-state index contributed by atoms with van der Waals surface area (Å²) in [5.41, 5.74) is 5.21. The van der Waals surface area contributed by atoms with E-state index in [0.29, 0.717) is 13.1 Å². The highest BCUT2D eigenvalue weighted by Crippen LogP contribution is 2.16. The lowest BCUT2D eigenvalue weighted by atomic mass is 10.4. The molecule has 1 aliphatic rings. The van der Waals surface area contributed by atoms with Gasteiger partial charge in [0.2, 0.25) is 11.8 Å². The van der Waals surface area contributed by atoms with Gasteiger partial charge in [-0.05, 0) is 0 Å². The number of carbonyl (C=O) groups excluding carboxylic acids is 2. The maximum Gasteiger partial charge on any atom is 0.242 e. The van der Waals surface area contributed by atoms with E-state index in [-0.39, 0.29) is 18.2 Å². The average Bonchev–Trinajstić information content (AvgIpc) is 2.34. The fourth-order valence-electron chi connectivity index (χ4n) is 1.03. The largest absolute Gasteiger partial charge is 0.329 e. The average molecular weight is 218 g/mol. The van der Waals surface area contributed by atoms with E-state index in [1.165, 1.54) is 6.42 Å². The molecule has 0 bridgehead atoms. The van der Waals surface area contributed by atoms with E-state index in [0.717, 1.165) is 4.90 Å². The monoisotopic (exact) mass is 218 g/mol. The first kappa shape index (κ1) is 13.4. The number of hydrogen-bond donors (Lipinski definition) is 2. The lowest BCUT2D eigenvalue weighted by Gasteiger charge is -2.11. The molecule has 1 rings (SSSR count). The fraction of sp³-hybridized carbons (Fsp3) is 0.778. The summed E-state index contributed by atoms with van der Waals surface area (Å²) in [6, 6.07) is 0. The summed E-state index contributed by atoms with van der Waals surface area (Å²) >= 11 is 3.95. The van der Waals surface area contributed by atoms with Crippen molar-refractivity contribution < 1.29 is 9.59 Å². The van der Waals surface area contributed by atoms with Crippen molar-refractivity contribution in [3.05, 3.63) is 0 Å². The van der Waals surface area contributed by atoms with E-state index in [1.807, 2.05) is 0 Å². The Kier molecular flexibility index (Phi) is 6.57. The van der Waals surface area contributed by atoms with Crippen LogP contribution in [0, 0.1) is 0 Å². The van der Waals surface area contributed by atoms with E-state index >= 15 is 0 Å². The second kappa shape index (κ2) is 6.84. The Morgan fingerprint density at radius 1 is 1.50 bits per heavy atom. The second-order valence-corrected chi connectivity index (χ2v) is 3.72. The number of likely N-dealkylation sites (tertiary alicyclic amines) is 1. The zero-order chi connectivity index (χ0) is 11.1. The van der Waals surface area contributed by atoms with Crippen molar-refractivity contribution in [1.29, 1.82) is 0 Å². The van der Waals surface area contributed by atoms with Gasteiger partial charge in [-0.2, -0.15) is 12.6 Å². The van der Waals surface area contributed by atoms with Crippen molar-refractivity contribution in [3.63, 3.8) is 0 Å². The quantitative estimate of drug-likeness (QED) is 0.521. The van der Waals surface area contributed by atoms with Crippen LogP contribution in [-0.2, 0) is 9.59 Å². The highest BCUT2D eigenvalue weighted by Gasteiger charge is 2.35. The molecule has 0 aromatic rings. The lowest BCUT2D eigenvalue weighted by Crippen LogP contribution is -2.35. The van der Waals surface area contributed by atoms with E-state index in [2.05, 4.69) is 26.5 Å². The molecule has 1 saturated heterocycles. The van der Waals surface area contributed by atoms with Crippen molar-refractivity contribution in [2.75, 3.05) is 13.1 Å². The van der Waals surface area contributed by atoms with Gasteiger partial charge < -0.3 is 5.73 Å². The van der Waals surface area contributed by atoms with Crippen LogP contribution in [0.15, 0.2) is 0 Å². The smallest absolute Gasteiger partial charge is 0.242 e. The second-order valence-electron chi connectivity index (χ2n) is 3.10. The lowest BCUT2D eigenvalue weighted by molar-refractivity contribution is -0.138. The normalized spacial score (nSPS) is 20.9. The van der Waals surface area contributed by atoms with Crippen molar-refractivity contribution in [3.8, 4) is 0 Å². The summed E-state index contributed by atoms with van der Waals surface area (Å²) < 4.78 is 0. The molecule has 1 heterocycles. The van der Waals surface area contributed by atoms with Gasteiger partial charge in [0.15, 0.2) is 0 Å². The Hall–Kier alpha value is -0.550. The topological polar surface area (TPSA) is 63.4 Å². The third-order valence-corrected chi connectivity index (χ3v) is 1.98. The highest BCUT2D eigenvalue weighted by molar-refractivity contribution is 7.81. The molecule has 1 aliphatic heterocycles. The van der Waals surface area contributed by atoms with Crippen LogP contribution in [0.25, 0.3) is 0 Å². The molecule has 0 aliphatic carbocycles. The number of carbonyl (C=O) groups is 2. The van der Waals surface area contributed by atoms with Gasteiger partial charge in [-0.25, -0.2) is 0 Å². The van der Waals surface area contributed by atoms with Crippen molar-refractivity contribution in [2.24, 2.45) is 5.73 Å². The van der Waals surface area contributed by atoms with Crippen LogP contribution in [-0.4, -0.2) is 35.1 Å². The zero-order valence-electron chi connectivity index (χ0n) is 8.69. The van der Waals surface area contributed by atoms with Crippen LogP contribution in [0.2, 0.25) is 0 Å². The number of nitrogens with two attached hydrogens (primary N) is 1. The molecule has 0 spiro atoms. The molecule has 1 atom stereocenters. The fourth-order valence-corrected chi connectivity index (χ4v) is 1.33. The minimum absolute atomic E-state index is 0.166. The predicted octanol–water partition coefficient (Wildman–Crippen LogP) is 0.419. The molecular formula is C9H18N2O2S. The summed E-state index contributed by atoms with van der Waals surface area (Å²) in [7, 11) is 0. The van der Waals surface area contributed by atoms with Crippen LogP contribution in [0.3, 0.4) is 0 Å². The summed E-state index contributed by atoms with van der Waals surface area (Å²) in [5.74, 6) is -0.385. The molecular weight excluding hydrogens is 200 g/mol. The molecule has 0 aromatic heterocycles. The summed E-state index contributed by atoms with van der Waals surface area (Å²) in [6.07, 6.45) is 1.46. The summed E-state index contributed by atoms with van der Waals surface area (Å²) in [6.45, 7) is 4.88. The van der Waals surface area contributed by atoms with Crippen molar-refractivity contribution >= 4 is 24.4 Å². The first-order chi connectivity index (χ1) is 6.58. The maximum atomic E-state index is 11.1. The number of nitrogens with zero attached hydrogens (tertiary/aromatic N) is 1. The molecule has 14 heavy (non-hydrogen) atoms. The van der Waals surface area contributed by atoms with Crippen molar-refractivity contribution in [1.82, 2.24) is 4.90 Å². The van der Waals surface area contributed by atoms with Gasteiger partial charge >= 0.3 is 0 Å². The molecule has 5 heteroatoms. The number of thiol groups is 1. The third kappa shape index (κ3) is 3.67. The Bertz CT molecular complexity index is 209. The summed E-state index contributed by atoms with van der Waals surface area (Å²) in [5, 5.41) is -0.450. The van der Waals surface area contributed by atoms with E-state index in [4.69, 9.17) is 5.73 Å². The van der Waals surface area contributed by atoms with Gasteiger partial charge in [0, 0.05) is 19.5 Å². The van der Waals surface area contributed by atoms with Crippen LogP contribution in [0.1, 0.15) is 26.7 Å². The van der Waals surface area contributed by atoms with Gasteiger partial charge in [-0.3, -0.25) is 14.5 Å². The SMILES string of the molecule is CCC.NCCN1C(=O)CC(S)C1=O. The van der Waals surface area contributed by atoms with Crippen LogP contribution in [0.4, 0.5) is 0 Å². The van der Waals surface area contributed by atoms with E-state index in [9.17, 15) is 9.59 Å². The number of imide groups is 1. The standard InChI is InChI=1S/C6H10N2O2S.C3H8/c7-1-2-8-5(9)3-4(11)6(8)10;1-3-2/h4,11H,1-3,7H2;3H2,1-2H3. The minimum atomic E-state index is -0.450. The van der Waals surface area contributed by atoms with E-state index < -0.39 is 5.25 Å². The van der Waals surface area contributed by atoms with Gasteiger partial charge in [-0.1, -0.05) is 20.3 Å². The Labute approximate surface area is 90.2 Å². The minimum Gasteiger partial charge on any atom is -0.329 e. The van der Waals surface area contributed by atoms with Gasteiger partial charge in [-0.15, -0.1) is 0 Å². The maximum absolute atomic E-state index is 11.1.